The minimum atomic E-state index is -0.860. The lowest BCUT2D eigenvalue weighted by Gasteiger charge is -2.22. The molecule has 4 heteroatoms. The molecule has 1 atom stereocenters. The molecule has 0 heterocycles. The minimum Gasteiger partial charge on any atom is -0.389 e. The van der Waals surface area contributed by atoms with E-state index in [0.717, 1.165) is 0 Å². The molecule has 0 saturated carbocycles. The van der Waals surface area contributed by atoms with Gasteiger partial charge < -0.3 is 10.0 Å². The summed E-state index contributed by atoms with van der Waals surface area (Å²) in [7, 11) is 1.78. The van der Waals surface area contributed by atoms with E-state index in [1.807, 2.05) is 6.07 Å². The molecule has 1 aromatic carbocycles. The number of anilines is 1. The molecule has 1 unspecified atom stereocenters. The Balaban J connectivity index is 3.03. The van der Waals surface area contributed by atoms with Gasteiger partial charge in [-0.05, 0) is 19.1 Å². The van der Waals surface area contributed by atoms with Crippen LogP contribution >= 0.6 is 0 Å². The van der Waals surface area contributed by atoms with E-state index >= 15 is 0 Å². The average molecular weight is 222 g/mol. The van der Waals surface area contributed by atoms with Gasteiger partial charge in [0.1, 0.15) is 5.82 Å². The highest BCUT2D eigenvalue weighted by atomic mass is 19.1. The first-order valence-electron chi connectivity index (χ1n) is 5.12. The molecule has 0 bridgehead atoms. The molecule has 1 rings (SSSR count). The van der Waals surface area contributed by atoms with Gasteiger partial charge in [0.15, 0.2) is 0 Å². The lowest BCUT2D eigenvalue weighted by Crippen LogP contribution is -2.20. The van der Waals surface area contributed by atoms with Crippen molar-refractivity contribution in [3.63, 3.8) is 0 Å². The average Bonchev–Trinajstić information content (AvgIpc) is 2.24. The number of halogens is 1. The quantitative estimate of drug-likeness (QED) is 0.849. The van der Waals surface area contributed by atoms with Gasteiger partial charge >= 0.3 is 0 Å². The highest BCUT2D eigenvalue weighted by molar-refractivity contribution is 5.54. The first kappa shape index (κ1) is 12.5. The van der Waals surface area contributed by atoms with Crippen LogP contribution in [0.3, 0.4) is 0 Å². The van der Waals surface area contributed by atoms with Crippen molar-refractivity contribution in [2.45, 2.75) is 19.4 Å². The Kier molecular flexibility index (Phi) is 4.27. The van der Waals surface area contributed by atoms with Crippen molar-refractivity contribution in [2.24, 2.45) is 0 Å². The molecule has 86 valence electrons. The van der Waals surface area contributed by atoms with Gasteiger partial charge in [-0.3, -0.25) is 0 Å². The maximum atomic E-state index is 13.5. The Morgan fingerprint density at radius 1 is 1.56 bits per heavy atom. The lowest BCUT2D eigenvalue weighted by molar-refractivity contribution is 0.194. The Morgan fingerprint density at radius 3 is 2.81 bits per heavy atom. The Hall–Kier alpha value is -1.60. The molecule has 0 fully saturated rings. The molecule has 0 amide bonds. The van der Waals surface area contributed by atoms with Gasteiger partial charge in [-0.15, -0.1) is 0 Å². The van der Waals surface area contributed by atoms with E-state index in [4.69, 9.17) is 5.26 Å². The van der Waals surface area contributed by atoms with Crippen molar-refractivity contribution in [3.05, 3.63) is 29.6 Å². The summed E-state index contributed by atoms with van der Waals surface area (Å²) in [5.74, 6) is -0.420. The van der Waals surface area contributed by atoms with Crippen molar-refractivity contribution in [3.8, 4) is 6.07 Å². The molecular weight excluding hydrogens is 207 g/mol. The van der Waals surface area contributed by atoms with E-state index in [-0.39, 0.29) is 5.56 Å². The monoisotopic (exact) mass is 222 g/mol. The predicted octanol–water partition coefficient (Wildman–Crippen LogP) is 2.23. The second kappa shape index (κ2) is 5.47. The summed E-state index contributed by atoms with van der Waals surface area (Å²) in [4.78, 5) is 1.77. The fourth-order valence-corrected chi connectivity index (χ4v) is 1.61. The van der Waals surface area contributed by atoms with Gasteiger partial charge in [0, 0.05) is 24.8 Å². The first-order valence-corrected chi connectivity index (χ1v) is 5.12. The fourth-order valence-electron chi connectivity index (χ4n) is 1.61. The molecule has 0 radical (unpaired) electrons. The smallest absolute Gasteiger partial charge is 0.131 e. The van der Waals surface area contributed by atoms with Crippen LogP contribution in [0.1, 0.15) is 25.0 Å². The molecule has 1 N–H and O–H groups in total. The Morgan fingerprint density at radius 2 is 2.25 bits per heavy atom. The number of benzene rings is 1. The molecule has 1 aromatic rings. The summed E-state index contributed by atoms with van der Waals surface area (Å²) in [6.45, 7) is 2.04. The number of aliphatic hydroxyl groups excluding tert-OH is 1. The SMILES string of the molecule is CC(O)c1c(F)cccc1N(C)CCC#N. The summed E-state index contributed by atoms with van der Waals surface area (Å²) in [5.41, 5.74) is 0.910. The van der Waals surface area contributed by atoms with Crippen LogP contribution in [-0.4, -0.2) is 18.7 Å². The maximum Gasteiger partial charge on any atom is 0.131 e. The van der Waals surface area contributed by atoms with Gasteiger partial charge in [0.2, 0.25) is 0 Å². The van der Waals surface area contributed by atoms with Crippen molar-refractivity contribution in [1.29, 1.82) is 5.26 Å². The van der Waals surface area contributed by atoms with Crippen molar-refractivity contribution < 1.29 is 9.50 Å². The number of nitrogens with zero attached hydrogens (tertiary/aromatic N) is 2. The standard InChI is InChI=1S/C12H15FN2O/c1-9(16)12-10(13)5-3-6-11(12)15(2)8-4-7-14/h3,5-6,9,16H,4,8H2,1-2H3. The lowest BCUT2D eigenvalue weighted by atomic mass is 10.1. The number of hydrogen-bond acceptors (Lipinski definition) is 3. The van der Waals surface area contributed by atoms with Gasteiger partial charge in [0.25, 0.3) is 0 Å². The number of hydrogen-bond donors (Lipinski definition) is 1. The van der Waals surface area contributed by atoms with Crippen LogP contribution in [0, 0.1) is 17.1 Å². The summed E-state index contributed by atoms with van der Waals surface area (Å²) in [5, 5.41) is 18.0. The molecule has 0 saturated heterocycles. The summed E-state index contributed by atoms with van der Waals surface area (Å²) in [6, 6.07) is 6.69. The Bertz CT molecular complexity index is 398. The molecule has 0 aliphatic rings. The summed E-state index contributed by atoms with van der Waals surface area (Å²) < 4.78 is 13.5. The Labute approximate surface area is 94.7 Å². The normalized spacial score (nSPS) is 11.9. The van der Waals surface area contributed by atoms with Crippen LogP contribution < -0.4 is 4.90 Å². The van der Waals surface area contributed by atoms with Crippen LogP contribution in [0.2, 0.25) is 0 Å². The van der Waals surface area contributed by atoms with Gasteiger partial charge in [-0.25, -0.2) is 4.39 Å². The van der Waals surface area contributed by atoms with E-state index in [2.05, 4.69) is 0 Å². The van der Waals surface area contributed by atoms with E-state index in [9.17, 15) is 9.50 Å². The maximum absolute atomic E-state index is 13.5. The van der Waals surface area contributed by atoms with Crippen LogP contribution in [-0.2, 0) is 0 Å². The van der Waals surface area contributed by atoms with Crippen LogP contribution in [0.15, 0.2) is 18.2 Å². The van der Waals surface area contributed by atoms with Gasteiger partial charge in [-0.1, -0.05) is 6.07 Å². The van der Waals surface area contributed by atoms with Crippen LogP contribution in [0.25, 0.3) is 0 Å². The summed E-state index contributed by atoms with van der Waals surface area (Å²) >= 11 is 0. The molecule has 0 aliphatic heterocycles. The van der Waals surface area contributed by atoms with E-state index in [1.54, 1.807) is 24.1 Å². The zero-order chi connectivity index (χ0) is 12.1. The second-order valence-corrected chi connectivity index (χ2v) is 3.68. The van der Waals surface area contributed by atoms with E-state index in [1.165, 1.54) is 13.0 Å². The van der Waals surface area contributed by atoms with Crippen molar-refractivity contribution in [1.82, 2.24) is 0 Å². The number of nitriles is 1. The van der Waals surface area contributed by atoms with Gasteiger partial charge in [-0.2, -0.15) is 5.26 Å². The predicted molar refractivity (Wildman–Crippen MR) is 60.5 cm³/mol. The molecule has 16 heavy (non-hydrogen) atoms. The third kappa shape index (κ3) is 2.71. The third-order valence-electron chi connectivity index (χ3n) is 2.42. The summed E-state index contributed by atoms with van der Waals surface area (Å²) in [6.07, 6.45) is -0.493. The van der Waals surface area contributed by atoms with Crippen molar-refractivity contribution in [2.75, 3.05) is 18.5 Å². The van der Waals surface area contributed by atoms with E-state index in [0.29, 0.717) is 18.7 Å². The number of aliphatic hydroxyl groups is 1. The number of rotatable bonds is 4. The first-order chi connectivity index (χ1) is 7.57. The third-order valence-corrected chi connectivity index (χ3v) is 2.42. The molecule has 0 aromatic heterocycles. The fraction of sp³-hybridized carbons (Fsp3) is 0.417. The minimum absolute atomic E-state index is 0.280. The van der Waals surface area contributed by atoms with Crippen LogP contribution in [0.5, 0.6) is 0 Å². The molecule has 0 aliphatic carbocycles. The highest BCUT2D eigenvalue weighted by Gasteiger charge is 2.15. The van der Waals surface area contributed by atoms with E-state index < -0.39 is 11.9 Å². The second-order valence-electron chi connectivity index (χ2n) is 3.68. The molecule has 3 nitrogen and oxygen atoms in total. The van der Waals surface area contributed by atoms with Crippen LogP contribution in [0.4, 0.5) is 10.1 Å². The molecule has 0 spiro atoms. The molecular formula is C12H15FN2O. The zero-order valence-electron chi connectivity index (χ0n) is 9.44. The highest BCUT2D eigenvalue weighted by Crippen LogP contribution is 2.28. The topological polar surface area (TPSA) is 47.3 Å². The van der Waals surface area contributed by atoms with Gasteiger partial charge in [0.05, 0.1) is 18.6 Å². The zero-order valence-corrected chi connectivity index (χ0v) is 9.44. The van der Waals surface area contributed by atoms with Crippen molar-refractivity contribution >= 4 is 5.69 Å². The largest absolute Gasteiger partial charge is 0.389 e.